The molecule has 0 amide bonds. The number of anilines is 1. The monoisotopic (exact) mass is 278 g/mol. The first-order valence-corrected chi connectivity index (χ1v) is 6.32. The quantitative estimate of drug-likeness (QED) is 0.865. The van der Waals surface area contributed by atoms with Gasteiger partial charge in [0.25, 0.3) is 0 Å². The molecular formula is C8H15BrN4S. The van der Waals surface area contributed by atoms with Crippen molar-refractivity contribution in [1.29, 1.82) is 0 Å². The second kappa shape index (κ2) is 6.31. The summed E-state index contributed by atoms with van der Waals surface area (Å²) in [5.74, 6) is 0. The zero-order valence-electron chi connectivity index (χ0n) is 8.46. The van der Waals surface area contributed by atoms with Crippen LogP contribution < -0.4 is 5.32 Å². The van der Waals surface area contributed by atoms with E-state index in [0.29, 0.717) is 0 Å². The molecule has 0 atom stereocenters. The van der Waals surface area contributed by atoms with E-state index < -0.39 is 0 Å². The normalized spacial score (nSPS) is 10.9. The average molecular weight is 279 g/mol. The molecule has 0 aliphatic carbocycles. The third kappa shape index (κ3) is 3.89. The van der Waals surface area contributed by atoms with Gasteiger partial charge in [0, 0.05) is 13.1 Å². The summed E-state index contributed by atoms with van der Waals surface area (Å²) in [5, 5.41) is 11.9. The number of likely N-dealkylation sites (N-methyl/N-ethyl adjacent to an activating group) is 1. The lowest BCUT2D eigenvalue weighted by atomic mass is 10.5. The lowest BCUT2D eigenvalue weighted by Gasteiger charge is -2.17. The summed E-state index contributed by atoms with van der Waals surface area (Å²) in [4.78, 5) is 2.36. The van der Waals surface area contributed by atoms with E-state index in [0.717, 1.165) is 35.2 Å². The van der Waals surface area contributed by atoms with Crippen molar-refractivity contribution in [2.75, 3.05) is 31.5 Å². The van der Waals surface area contributed by atoms with Crippen molar-refractivity contribution in [3.63, 3.8) is 0 Å². The Morgan fingerprint density at radius 1 is 1.36 bits per heavy atom. The van der Waals surface area contributed by atoms with Crippen molar-refractivity contribution in [2.24, 2.45) is 0 Å². The lowest BCUT2D eigenvalue weighted by molar-refractivity contribution is 0.316. The molecule has 0 aliphatic heterocycles. The predicted octanol–water partition coefficient (Wildman–Crippen LogP) is 2.05. The van der Waals surface area contributed by atoms with Crippen molar-refractivity contribution in [3.8, 4) is 0 Å². The van der Waals surface area contributed by atoms with Crippen molar-refractivity contribution in [3.05, 3.63) is 3.92 Å². The highest BCUT2D eigenvalue weighted by Gasteiger charge is 2.01. The fraction of sp³-hybridized carbons (Fsp3) is 0.750. The van der Waals surface area contributed by atoms with Crippen LogP contribution in [0.1, 0.15) is 13.8 Å². The number of nitrogens with one attached hydrogen (secondary N) is 1. The number of halogens is 1. The van der Waals surface area contributed by atoms with Crippen molar-refractivity contribution in [1.82, 2.24) is 15.1 Å². The molecule has 1 N–H and O–H groups in total. The van der Waals surface area contributed by atoms with E-state index >= 15 is 0 Å². The minimum atomic E-state index is 0.822. The Labute approximate surface area is 96.8 Å². The van der Waals surface area contributed by atoms with E-state index in [4.69, 9.17) is 0 Å². The third-order valence-electron chi connectivity index (χ3n) is 2.00. The molecule has 1 heterocycles. The van der Waals surface area contributed by atoms with Crippen molar-refractivity contribution < 1.29 is 0 Å². The zero-order chi connectivity index (χ0) is 10.4. The first-order valence-electron chi connectivity index (χ1n) is 4.71. The van der Waals surface area contributed by atoms with Crippen molar-refractivity contribution in [2.45, 2.75) is 13.8 Å². The molecule has 1 aromatic rings. The highest BCUT2D eigenvalue weighted by Crippen LogP contribution is 2.19. The minimum absolute atomic E-state index is 0.822. The van der Waals surface area contributed by atoms with Crippen LogP contribution in [-0.2, 0) is 0 Å². The number of hydrogen-bond donors (Lipinski definition) is 1. The molecular weight excluding hydrogens is 264 g/mol. The van der Waals surface area contributed by atoms with E-state index in [-0.39, 0.29) is 0 Å². The summed E-state index contributed by atoms with van der Waals surface area (Å²) in [6, 6.07) is 0. The molecule has 1 rings (SSSR count). The zero-order valence-corrected chi connectivity index (χ0v) is 10.9. The smallest absolute Gasteiger partial charge is 0.206 e. The van der Waals surface area contributed by atoms with Crippen LogP contribution in [0.15, 0.2) is 3.92 Å². The second-order valence-corrected chi connectivity index (χ2v) is 5.07. The van der Waals surface area contributed by atoms with Gasteiger partial charge in [-0.1, -0.05) is 25.2 Å². The number of hydrogen-bond acceptors (Lipinski definition) is 5. The maximum Gasteiger partial charge on any atom is 0.206 e. The molecule has 0 fully saturated rings. The number of rotatable bonds is 6. The summed E-state index contributed by atoms with van der Waals surface area (Å²) in [6.45, 7) is 8.50. The van der Waals surface area contributed by atoms with Gasteiger partial charge in [0.2, 0.25) is 5.13 Å². The Kier molecular flexibility index (Phi) is 5.36. The van der Waals surface area contributed by atoms with Gasteiger partial charge in [-0.05, 0) is 29.0 Å². The van der Waals surface area contributed by atoms with E-state index in [1.807, 2.05) is 0 Å². The Bertz CT molecular complexity index is 262. The van der Waals surface area contributed by atoms with Crippen LogP contribution in [0.3, 0.4) is 0 Å². The summed E-state index contributed by atoms with van der Waals surface area (Å²) in [5.41, 5.74) is 0. The summed E-state index contributed by atoms with van der Waals surface area (Å²) >= 11 is 4.79. The predicted molar refractivity (Wildman–Crippen MR) is 63.9 cm³/mol. The van der Waals surface area contributed by atoms with Crippen LogP contribution in [0.2, 0.25) is 0 Å². The Hall–Kier alpha value is -0.200. The Balaban J connectivity index is 2.21. The van der Waals surface area contributed by atoms with Crippen LogP contribution in [-0.4, -0.2) is 41.3 Å². The molecule has 4 nitrogen and oxygen atoms in total. The number of aromatic nitrogens is 2. The van der Waals surface area contributed by atoms with Crippen LogP contribution in [0.4, 0.5) is 5.13 Å². The highest BCUT2D eigenvalue weighted by atomic mass is 79.9. The SMILES string of the molecule is CCN(CC)CCNc1nnc(Br)s1. The molecule has 0 aromatic carbocycles. The molecule has 0 saturated heterocycles. The van der Waals surface area contributed by atoms with Gasteiger partial charge in [0.1, 0.15) is 0 Å². The molecule has 0 unspecified atom stereocenters. The van der Waals surface area contributed by atoms with Crippen molar-refractivity contribution >= 4 is 32.4 Å². The standard InChI is InChI=1S/C8H15BrN4S/c1-3-13(4-2)6-5-10-8-12-11-7(9)14-8/h3-6H2,1-2H3,(H,10,12). The van der Waals surface area contributed by atoms with Crippen LogP contribution in [0.5, 0.6) is 0 Å². The minimum Gasteiger partial charge on any atom is -0.359 e. The van der Waals surface area contributed by atoms with E-state index in [1.165, 1.54) is 11.3 Å². The first kappa shape index (κ1) is 11.9. The van der Waals surface area contributed by atoms with Crippen LogP contribution in [0, 0.1) is 0 Å². The largest absolute Gasteiger partial charge is 0.359 e. The van der Waals surface area contributed by atoms with Gasteiger partial charge in [-0.15, -0.1) is 10.2 Å². The van der Waals surface area contributed by atoms with Gasteiger partial charge < -0.3 is 10.2 Å². The molecule has 6 heteroatoms. The molecule has 0 radical (unpaired) electrons. The van der Waals surface area contributed by atoms with Gasteiger partial charge in [-0.25, -0.2) is 0 Å². The fourth-order valence-electron chi connectivity index (χ4n) is 1.14. The summed E-state index contributed by atoms with van der Waals surface area (Å²) < 4.78 is 0.822. The fourth-order valence-corrected chi connectivity index (χ4v) is 2.17. The van der Waals surface area contributed by atoms with Crippen LogP contribution >= 0.6 is 27.3 Å². The Morgan fingerprint density at radius 3 is 2.57 bits per heavy atom. The maximum atomic E-state index is 3.96. The van der Waals surface area contributed by atoms with E-state index in [2.05, 4.69) is 50.2 Å². The molecule has 1 aromatic heterocycles. The topological polar surface area (TPSA) is 41.0 Å². The van der Waals surface area contributed by atoms with Gasteiger partial charge in [-0.3, -0.25) is 0 Å². The van der Waals surface area contributed by atoms with Gasteiger partial charge in [0.05, 0.1) is 0 Å². The average Bonchev–Trinajstić information content (AvgIpc) is 2.59. The maximum absolute atomic E-state index is 3.96. The third-order valence-corrected chi connectivity index (χ3v) is 3.31. The highest BCUT2D eigenvalue weighted by molar-refractivity contribution is 9.11. The first-order chi connectivity index (χ1) is 6.76. The molecule has 0 aliphatic rings. The number of nitrogens with zero attached hydrogens (tertiary/aromatic N) is 3. The molecule has 0 saturated carbocycles. The van der Waals surface area contributed by atoms with Gasteiger partial charge in [0.15, 0.2) is 3.92 Å². The Morgan fingerprint density at radius 2 is 2.07 bits per heavy atom. The van der Waals surface area contributed by atoms with E-state index in [1.54, 1.807) is 0 Å². The molecule has 80 valence electrons. The van der Waals surface area contributed by atoms with Gasteiger partial charge >= 0.3 is 0 Å². The molecule has 0 spiro atoms. The summed E-state index contributed by atoms with van der Waals surface area (Å²) in [7, 11) is 0. The molecule has 14 heavy (non-hydrogen) atoms. The molecule has 0 bridgehead atoms. The van der Waals surface area contributed by atoms with Gasteiger partial charge in [-0.2, -0.15) is 0 Å². The second-order valence-electron chi connectivity index (χ2n) is 2.81. The lowest BCUT2D eigenvalue weighted by Crippen LogP contribution is -2.28. The van der Waals surface area contributed by atoms with E-state index in [9.17, 15) is 0 Å². The van der Waals surface area contributed by atoms with Crippen LogP contribution in [0.25, 0.3) is 0 Å². The summed E-state index contributed by atoms with van der Waals surface area (Å²) in [6.07, 6.45) is 0.